The number of aryl methyl sites for hydroxylation is 1. The van der Waals surface area contributed by atoms with E-state index in [4.69, 9.17) is 11.6 Å². The summed E-state index contributed by atoms with van der Waals surface area (Å²) >= 11 is 6.07. The molecule has 1 aromatic carbocycles. The van der Waals surface area contributed by atoms with E-state index in [2.05, 4.69) is 39.5 Å². The number of nitrogens with zero attached hydrogens (tertiary/aromatic N) is 4. The number of carbonyl (C=O) groups excluding carboxylic acids is 1. The summed E-state index contributed by atoms with van der Waals surface area (Å²) in [5.41, 5.74) is 3.46. The van der Waals surface area contributed by atoms with E-state index in [-0.39, 0.29) is 5.91 Å². The maximum atomic E-state index is 11.8. The zero-order chi connectivity index (χ0) is 20.1. The molecule has 0 aliphatic carbocycles. The van der Waals surface area contributed by atoms with Crippen LogP contribution in [0, 0.1) is 0 Å². The molecule has 0 atom stereocenters. The molecule has 1 saturated heterocycles. The van der Waals surface area contributed by atoms with Crippen LogP contribution >= 0.6 is 11.6 Å². The summed E-state index contributed by atoms with van der Waals surface area (Å²) in [6.45, 7) is 2.98. The summed E-state index contributed by atoms with van der Waals surface area (Å²) in [5.74, 6) is 1.08. The number of hydrogen-bond acceptors (Lipinski definition) is 2. The van der Waals surface area contributed by atoms with Gasteiger partial charge in [-0.2, -0.15) is 0 Å². The van der Waals surface area contributed by atoms with Crippen molar-refractivity contribution in [3.8, 4) is 0 Å². The Balaban J connectivity index is 1.53. The SMILES string of the molecule is CN=C(NCc1ccc(CN2CCCC2=O)cc1)N(C)Cc1cc(Cl)cn1C. The molecule has 1 fully saturated rings. The van der Waals surface area contributed by atoms with Crippen molar-refractivity contribution in [1.82, 2.24) is 19.7 Å². The number of nitrogens with one attached hydrogen (secondary N) is 1. The van der Waals surface area contributed by atoms with Crippen molar-refractivity contribution in [2.75, 3.05) is 20.6 Å². The van der Waals surface area contributed by atoms with E-state index in [1.807, 2.05) is 35.8 Å². The van der Waals surface area contributed by atoms with Crippen molar-refractivity contribution in [3.63, 3.8) is 0 Å². The second kappa shape index (κ2) is 9.15. The molecule has 2 aromatic rings. The van der Waals surface area contributed by atoms with E-state index >= 15 is 0 Å². The summed E-state index contributed by atoms with van der Waals surface area (Å²) in [6, 6.07) is 10.4. The zero-order valence-corrected chi connectivity index (χ0v) is 17.5. The number of halogens is 1. The second-order valence-corrected chi connectivity index (χ2v) is 7.69. The third-order valence-corrected chi connectivity index (χ3v) is 5.27. The quantitative estimate of drug-likeness (QED) is 0.598. The second-order valence-electron chi connectivity index (χ2n) is 7.25. The Labute approximate surface area is 171 Å². The van der Waals surface area contributed by atoms with Gasteiger partial charge in [-0.3, -0.25) is 9.79 Å². The first-order valence-electron chi connectivity index (χ1n) is 9.54. The van der Waals surface area contributed by atoms with E-state index < -0.39 is 0 Å². The van der Waals surface area contributed by atoms with E-state index in [0.717, 1.165) is 29.6 Å². The number of carbonyl (C=O) groups is 1. The Morgan fingerprint density at radius 2 is 2.00 bits per heavy atom. The van der Waals surface area contributed by atoms with E-state index in [1.165, 1.54) is 11.1 Å². The summed E-state index contributed by atoms with van der Waals surface area (Å²) in [6.07, 6.45) is 3.56. The molecule has 0 unspecified atom stereocenters. The van der Waals surface area contributed by atoms with Crippen LogP contribution in [0.2, 0.25) is 5.02 Å². The van der Waals surface area contributed by atoms with Crippen molar-refractivity contribution in [2.45, 2.75) is 32.5 Å². The van der Waals surface area contributed by atoms with Crippen molar-refractivity contribution in [2.24, 2.45) is 12.0 Å². The fourth-order valence-corrected chi connectivity index (χ4v) is 3.73. The highest BCUT2D eigenvalue weighted by atomic mass is 35.5. The Bertz CT molecular complexity index is 843. The maximum absolute atomic E-state index is 11.8. The molecule has 1 aliphatic heterocycles. The Morgan fingerprint density at radius 1 is 1.29 bits per heavy atom. The number of hydrogen-bond donors (Lipinski definition) is 1. The Morgan fingerprint density at radius 3 is 2.57 bits per heavy atom. The number of aliphatic imine (C=N–C) groups is 1. The molecule has 3 rings (SSSR count). The lowest BCUT2D eigenvalue weighted by Gasteiger charge is -2.22. The van der Waals surface area contributed by atoms with Gasteiger partial charge >= 0.3 is 0 Å². The number of guanidine groups is 1. The molecule has 0 spiro atoms. The average Bonchev–Trinajstić information content (AvgIpc) is 3.21. The van der Waals surface area contributed by atoms with Crippen LogP contribution in [0.1, 0.15) is 29.7 Å². The number of rotatable bonds is 6. The molecule has 1 aliphatic rings. The lowest BCUT2D eigenvalue weighted by molar-refractivity contribution is -0.128. The zero-order valence-electron chi connectivity index (χ0n) is 16.8. The number of benzene rings is 1. The first-order valence-corrected chi connectivity index (χ1v) is 9.92. The average molecular weight is 402 g/mol. The Hall–Kier alpha value is -2.47. The molecule has 0 bridgehead atoms. The van der Waals surface area contributed by atoms with Crippen LogP contribution < -0.4 is 5.32 Å². The van der Waals surface area contributed by atoms with Crippen LogP contribution in [0.3, 0.4) is 0 Å². The van der Waals surface area contributed by atoms with Gasteiger partial charge in [-0.1, -0.05) is 35.9 Å². The van der Waals surface area contributed by atoms with Gasteiger partial charge in [0.25, 0.3) is 0 Å². The van der Waals surface area contributed by atoms with Crippen LogP contribution in [0.5, 0.6) is 0 Å². The van der Waals surface area contributed by atoms with Crippen molar-refractivity contribution in [3.05, 3.63) is 58.4 Å². The fourth-order valence-electron chi connectivity index (χ4n) is 3.46. The largest absolute Gasteiger partial charge is 0.352 e. The van der Waals surface area contributed by atoms with Gasteiger partial charge in [-0.05, 0) is 23.6 Å². The fraction of sp³-hybridized carbons (Fsp3) is 0.429. The molecule has 1 N–H and O–H groups in total. The minimum atomic E-state index is 0.261. The van der Waals surface area contributed by atoms with Crippen LogP contribution in [0.4, 0.5) is 0 Å². The van der Waals surface area contributed by atoms with Crippen molar-refractivity contribution < 1.29 is 4.79 Å². The van der Waals surface area contributed by atoms with Crippen molar-refractivity contribution in [1.29, 1.82) is 0 Å². The topological polar surface area (TPSA) is 52.9 Å². The number of aromatic nitrogens is 1. The first kappa shape index (κ1) is 20.3. The van der Waals surface area contributed by atoms with E-state index in [1.54, 1.807) is 7.05 Å². The van der Waals surface area contributed by atoms with Gasteiger partial charge in [0.1, 0.15) is 0 Å². The molecule has 7 heteroatoms. The molecule has 150 valence electrons. The van der Waals surface area contributed by atoms with Gasteiger partial charge < -0.3 is 19.7 Å². The summed E-state index contributed by atoms with van der Waals surface area (Å²) in [7, 11) is 5.78. The van der Waals surface area contributed by atoms with Gasteiger partial charge in [0.05, 0.1) is 11.6 Å². The Kier molecular flexibility index (Phi) is 6.62. The highest BCUT2D eigenvalue weighted by Gasteiger charge is 2.19. The summed E-state index contributed by atoms with van der Waals surface area (Å²) in [5, 5.41) is 4.14. The third-order valence-electron chi connectivity index (χ3n) is 5.07. The predicted molar refractivity (Wildman–Crippen MR) is 113 cm³/mol. The van der Waals surface area contributed by atoms with Gasteiger partial charge in [0.2, 0.25) is 5.91 Å². The summed E-state index contributed by atoms with van der Waals surface area (Å²) in [4.78, 5) is 20.1. The predicted octanol–water partition coefficient (Wildman–Crippen LogP) is 3.01. The highest BCUT2D eigenvalue weighted by Crippen LogP contribution is 2.16. The normalized spacial score (nSPS) is 14.6. The smallest absolute Gasteiger partial charge is 0.222 e. The van der Waals surface area contributed by atoms with Gasteiger partial charge in [0, 0.05) is 59.1 Å². The molecule has 2 heterocycles. The van der Waals surface area contributed by atoms with E-state index in [9.17, 15) is 4.79 Å². The number of likely N-dealkylation sites (tertiary alicyclic amines) is 1. The standard InChI is InChI=1S/C21H28ClN5O/c1-23-21(26(3)15-19-11-18(22)14-25(19)2)24-12-16-6-8-17(9-7-16)13-27-10-4-5-20(27)28/h6-9,11,14H,4-5,10,12-13,15H2,1-3H3,(H,23,24). The lowest BCUT2D eigenvalue weighted by atomic mass is 10.1. The van der Waals surface area contributed by atoms with E-state index in [0.29, 0.717) is 26.1 Å². The van der Waals surface area contributed by atoms with Crippen LogP contribution in [0.25, 0.3) is 0 Å². The minimum absolute atomic E-state index is 0.261. The van der Waals surface area contributed by atoms with Gasteiger partial charge in [-0.25, -0.2) is 0 Å². The summed E-state index contributed by atoms with van der Waals surface area (Å²) < 4.78 is 2.02. The van der Waals surface area contributed by atoms with Crippen LogP contribution in [-0.2, 0) is 31.5 Å². The molecular formula is C21H28ClN5O. The first-order chi connectivity index (χ1) is 13.5. The molecule has 1 amide bonds. The van der Waals surface area contributed by atoms with Crippen LogP contribution in [0.15, 0.2) is 41.5 Å². The molecule has 0 radical (unpaired) electrons. The third kappa shape index (κ3) is 5.07. The van der Waals surface area contributed by atoms with Crippen LogP contribution in [-0.4, -0.2) is 46.9 Å². The molecular weight excluding hydrogens is 374 g/mol. The minimum Gasteiger partial charge on any atom is -0.352 e. The monoisotopic (exact) mass is 401 g/mol. The molecule has 0 saturated carbocycles. The van der Waals surface area contributed by atoms with Gasteiger partial charge in [-0.15, -0.1) is 0 Å². The lowest BCUT2D eigenvalue weighted by Crippen LogP contribution is -2.38. The van der Waals surface area contributed by atoms with Gasteiger partial charge in [0.15, 0.2) is 5.96 Å². The maximum Gasteiger partial charge on any atom is 0.222 e. The number of amides is 1. The van der Waals surface area contributed by atoms with Crippen molar-refractivity contribution >= 4 is 23.5 Å². The molecule has 6 nitrogen and oxygen atoms in total. The molecule has 1 aromatic heterocycles. The molecule has 28 heavy (non-hydrogen) atoms. The highest BCUT2D eigenvalue weighted by molar-refractivity contribution is 6.30.